The molecular weight excluding hydrogens is 266 g/mol. The molecule has 1 heteroatoms. The molecule has 0 unspecified atom stereocenters. The van der Waals surface area contributed by atoms with Gasteiger partial charge in [-0.15, -0.1) is 0 Å². The van der Waals surface area contributed by atoms with E-state index in [4.69, 9.17) is 0 Å². The highest BCUT2D eigenvalue weighted by Crippen LogP contribution is 2.32. The van der Waals surface area contributed by atoms with Gasteiger partial charge in [-0.2, -0.15) is 4.57 Å². The third kappa shape index (κ3) is 2.14. The van der Waals surface area contributed by atoms with Crippen molar-refractivity contribution in [2.75, 3.05) is 0 Å². The highest BCUT2D eigenvalue weighted by Gasteiger charge is 2.27. The number of pyridine rings is 1. The molecule has 108 valence electrons. The molecule has 0 saturated heterocycles. The molecule has 0 radical (unpaired) electrons. The fraction of sp³-hybridized carbons (Fsp3) is 0.190. The van der Waals surface area contributed by atoms with Gasteiger partial charge in [0.05, 0.1) is 0 Å². The van der Waals surface area contributed by atoms with Gasteiger partial charge >= 0.3 is 0 Å². The topological polar surface area (TPSA) is 3.88 Å². The molecule has 0 bridgehead atoms. The Balaban J connectivity index is 2.00. The fourth-order valence-corrected chi connectivity index (χ4v) is 3.63. The lowest BCUT2D eigenvalue weighted by atomic mass is 9.99. The molecule has 22 heavy (non-hydrogen) atoms. The molecule has 1 aliphatic rings. The second kappa shape index (κ2) is 5.42. The largest absolute Gasteiger partial charge is 0.216 e. The predicted octanol–water partition coefficient (Wildman–Crippen LogP) is 4.33. The summed E-state index contributed by atoms with van der Waals surface area (Å²) in [7, 11) is 2.20. The van der Waals surface area contributed by atoms with Gasteiger partial charge < -0.3 is 0 Å². The highest BCUT2D eigenvalue weighted by atomic mass is 15.0. The molecule has 1 aromatic heterocycles. The van der Waals surface area contributed by atoms with Crippen LogP contribution in [-0.4, -0.2) is 0 Å². The molecular formula is C21H20N+. The smallest absolute Gasteiger partial charge is 0.194 e. The highest BCUT2D eigenvalue weighted by molar-refractivity contribution is 5.67. The van der Waals surface area contributed by atoms with Crippen LogP contribution in [-0.2, 0) is 19.9 Å². The van der Waals surface area contributed by atoms with Gasteiger partial charge in [0, 0.05) is 22.8 Å². The predicted molar refractivity (Wildman–Crippen MR) is 90.5 cm³/mol. The molecule has 0 aliphatic heterocycles. The van der Waals surface area contributed by atoms with E-state index in [2.05, 4.69) is 78.3 Å². The summed E-state index contributed by atoms with van der Waals surface area (Å²) in [6.07, 6.45) is 3.67. The van der Waals surface area contributed by atoms with Crippen molar-refractivity contribution in [3.63, 3.8) is 0 Å². The second-order valence-electron chi connectivity index (χ2n) is 6.03. The Kier molecular flexibility index (Phi) is 3.27. The number of nitrogens with zero attached hydrogens (tertiary/aromatic N) is 1. The lowest BCUT2D eigenvalue weighted by Gasteiger charge is -2.11. The first-order valence-electron chi connectivity index (χ1n) is 8.00. The van der Waals surface area contributed by atoms with E-state index in [9.17, 15) is 0 Å². The summed E-state index contributed by atoms with van der Waals surface area (Å²) in [5.74, 6) is 0. The second-order valence-corrected chi connectivity index (χ2v) is 6.03. The molecule has 0 atom stereocenters. The SMILES string of the molecule is C[n+]1c(-c2ccccc2)cc2c(c1-c1ccccc1)CCC2. The minimum Gasteiger partial charge on any atom is -0.194 e. The van der Waals surface area contributed by atoms with Crippen molar-refractivity contribution in [2.45, 2.75) is 19.3 Å². The zero-order valence-electron chi connectivity index (χ0n) is 12.9. The molecule has 1 heterocycles. The number of aryl methyl sites for hydroxylation is 1. The van der Waals surface area contributed by atoms with Crippen LogP contribution >= 0.6 is 0 Å². The summed E-state index contributed by atoms with van der Waals surface area (Å²) in [6, 6.07) is 23.9. The van der Waals surface area contributed by atoms with E-state index in [0.29, 0.717) is 0 Å². The van der Waals surface area contributed by atoms with Gasteiger partial charge in [-0.05, 0) is 49.1 Å². The van der Waals surface area contributed by atoms with Crippen molar-refractivity contribution in [1.82, 2.24) is 0 Å². The van der Waals surface area contributed by atoms with Gasteiger partial charge in [0.15, 0.2) is 0 Å². The Labute approximate surface area is 131 Å². The quantitative estimate of drug-likeness (QED) is 0.617. The van der Waals surface area contributed by atoms with Gasteiger partial charge in [0.1, 0.15) is 7.05 Å². The van der Waals surface area contributed by atoms with Gasteiger partial charge in [0.2, 0.25) is 11.4 Å². The third-order valence-electron chi connectivity index (χ3n) is 4.67. The minimum absolute atomic E-state index is 1.20. The number of hydrogen-bond acceptors (Lipinski definition) is 0. The first kappa shape index (κ1) is 13.3. The lowest BCUT2D eigenvalue weighted by molar-refractivity contribution is -0.649. The van der Waals surface area contributed by atoms with Crippen molar-refractivity contribution in [2.24, 2.45) is 7.05 Å². The first-order valence-corrected chi connectivity index (χ1v) is 8.00. The maximum Gasteiger partial charge on any atom is 0.216 e. The Bertz CT molecular complexity index is 804. The Morgan fingerprint density at radius 1 is 0.773 bits per heavy atom. The van der Waals surface area contributed by atoms with E-state index in [1.807, 2.05) is 0 Å². The van der Waals surface area contributed by atoms with E-state index >= 15 is 0 Å². The van der Waals surface area contributed by atoms with Gasteiger partial charge in [-0.3, -0.25) is 0 Å². The maximum atomic E-state index is 2.39. The van der Waals surface area contributed by atoms with Gasteiger partial charge in [-0.25, -0.2) is 0 Å². The Hall–Kier alpha value is -2.41. The zero-order valence-corrected chi connectivity index (χ0v) is 12.9. The van der Waals surface area contributed by atoms with Crippen LogP contribution in [0.2, 0.25) is 0 Å². The zero-order chi connectivity index (χ0) is 14.9. The maximum absolute atomic E-state index is 2.39. The summed E-state index contributed by atoms with van der Waals surface area (Å²) < 4.78 is 2.37. The van der Waals surface area contributed by atoms with Crippen LogP contribution in [0.4, 0.5) is 0 Å². The van der Waals surface area contributed by atoms with Crippen molar-refractivity contribution in [3.05, 3.63) is 77.9 Å². The average Bonchev–Trinajstić information content (AvgIpc) is 3.04. The monoisotopic (exact) mass is 286 g/mol. The van der Waals surface area contributed by atoms with Gasteiger partial charge in [-0.1, -0.05) is 36.4 Å². The minimum atomic E-state index is 1.20. The molecule has 4 rings (SSSR count). The standard InChI is InChI=1S/C21H20N/c1-22-20(16-9-4-2-5-10-16)15-18-13-8-14-19(18)21(22)17-11-6-3-7-12-17/h2-7,9-12,15H,8,13-14H2,1H3/q+1. The van der Waals surface area contributed by atoms with Crippen LogP contribution in [0.1, 0.15) is 17.5 Å². The van der Waals surface area contributed by atoms with E-state index < -0.39 is 0 Å². The third-order valence-corrected chi connectivity index (χ3v) is 4.67. The molecule has 0 N–H and O–H groups in total. The lowest BCUT2D eigenvalue weighted by Crippen LogP contribution is -2.35. The number of hydrogen-bond donors (Lipinski definition) is 0. The van der Waals surface area contributed by atoms with Crippen LogP contribution in [0.5, 0.6) is 0 Å². The number of rotatable bonds is 2. The van der Waals surface area contributed by atoms with Gasteiger partial charge in [0.25, 0.3) is 0 Å². The molecule has 0 amide bonds. The average molecular weight is 286 g/mol. The van der Waals surface area contributed by atoms with Crippen LogP contribution in [0.25, 0.3) is 22.5 Å². The normalized spacial score (nSPS) is 13.1. The Morgan fingerprint density at radius 3 is 2.09 bits per heavy atom. The van der Waals surface area contributed by atoms with E-state index in [-0.39, 0.29) is 0 Å². The number of aromatic nitrogens is 1. The molecule has 2 aromatic carbocycles. The van der Waals surface area contributed by atoms with Crippen molar-refractivity contribution >= 4 is 0 Å². The summed E-state index contributed by atoms with van der Waals surface area (Å²) in [5, 5.41) is 0. The molecule has 1 aliphatic carbocycles. The van der Waals surface area contributed by atoms with Crippen LogP contribution in [0.15, 0.2) is 66.7 Å². The molecule has 0 fully saturated rings. The van der Waals surface area contributed by atoms with Crippen molar-refractivity contribution in [3.8, 4) is 22.5 Å². The van der Waals surface area contributed by atoms with E-state index in [1.165, 1.54) is 52.9 Å². The van der Waals surface area contributed by atoms with Crippen LogP contribution < -0.4 is 4.57 Å². The van der Waals surface area contributed by atoms with E-state index in [1.54, 1.807) is 0 Å². The Morgan fingerprint density at radius 2 is 1.41 bits per heavy atom. The van der Waals surface area contributed by atoms with Crippen LogP contribution in [0.3, 0.4) is 0 Å². The van der Waals surface area contributed by atoms with Crippen molar-refractivity contribution in [1.29, 1.82) is 0 Å². The number of fused-ring (bicyclic) bond motifs is 1. The molecule has 3 aromatic rings. The summed E-state index contributed by atoms with van der Waals surface area (Å²) in [4.78, 5) is 0. The molecule has 0 saturated carbocycles. The van der Waals surface area contributed by atoms with E-state index in [0.717, 1.165) is 0 Å². The fourth-order valence-electron chi connectivity index (χ4n) is 3.63. The molecule has 0 spiro atoms. The molecule has 1 nitrogen and oxygen atoms in total. The summed E-state index contributed by atoms with van der Waals surface area (Å²) in [6.45, 7) is 0. The summed E-state index contributed by atoms with van der Waals surface area (Å²) in [5.41, 5.74) is 8.36. The number of benzene rings is 2. The first-order chi connectivity index (χ1) is 10.8. The van der Waals surface area contributed by atoms with Crippen LogP contribution in [0, 0.1) is 0 Å². The van der Waals surface area contributed by atoms with Crippen molar-refractivity contribution < 1.29 is 4.57 Å². The summed E-state index contributed by atoms with van der Waals surface area (Å²) >= 11 is 0.